The summed E-state index contributed by atoms with van der Waals surface area (Å²) < 4.78 is 9.75. The molecule has 23 rings (SSSR count). The molecule has 8 nitrogen and oxygen atoms in total. The third-order valence-corrected chi connectivity index (χ3v) is 22.4. The van der Waals surface area contributed by atoms with E-state index in [-0.39, 0.29) is 0 Å². The predicted molar refractivity (Wildman–Crippen MR) is 467 cm³/mol. The Labute approximate surface area is 644 Å². The van der Waals surface area contributed by atoms with Gasteiger partial charge in [-0.15, -0.1) is 0 Å². The van der Waals surface area contributed by atoms with E-state index in [0.717, 1.165) is 106 Å². The number of aromatic nitrogens is 8. The van der Waals surface area contributed by atoms with Crippen molar-refractivity contribution in [3.63, 3.8) is 0 Å². The van der Waals surface area contributed by atoms with E-state index in [9.17, 15) is 0 Å². The lowest BCUT2D eigenvalue weighted by Crippen LogP contribution is -2.00. The fourth-order valence-electron chi connectivity index (χ4n) is 17.3. The van der Waals surface area contributed by atoms with Crippen LogP contribution in [0, 0.1) is 0 Å². The van der Waals surface area contributed by atoms with Gasteiger partial charge in [0.15, 0.2) is 11.6 Å². The third-order valence-electron chi connectivity index (χ3n) is 22.4. The van der Waals surface area contributed by atoms with E-state index >= 15 is 0 Å². The van der Waals surface area contributed by atoms with Crippen LogP contribution in [-0.4, -0.2) is 38.2 Å². The lowest BCUT2D eigenvalue weighted by Gasteiger charge is -2.15. The largest absolute Gasteiger partial charge is 0.309 e. The Morgan fingerprint density at radius 2 is 0.536 bits per heavy atom. The van der Waals surface area contributed by atoms with Crippen LogP contribution in [0.1, 0.15) is 0 Å². The third kappa shape index (κ3) is 10.7. The number of nitrogens with zero attached hydrogens (tertiary/aromatic N) is 8. The summed E-state index contributed by atoms with van der Waals surface area (Å²) in [4.78, 5) is 20.8. The standard InChI is InChI=1S/C54H34N4.C50H32N4/c1-3-16-36(17-4-1)46-34-47(39-28-27-35-15-7-8-18-37(35)31-39)56-54(55-46)40-32-38-19-9-10-22-42(38)51(33-40)58-49-26-14-12-24-45(49)52-50(58)30-29-44-43-23-11-13-25-48(43)57(53(44)52)41-20-5-2-6-21-41;1-4-14-34(15-5-1)43-32-44(52-50(51-43)35-16-6-2-7-17-35)36-25-24-33-26-27-39(31-37(33)30-36)53-46-23-13-11-21-42(46)48-47(53)29-28-41-40-20-10-12-22-45(40)54(49(41)48)38-18-8-3-9-19-38/h1-34H;1-32H. The summed E-state index contributed by atoms with van der Waals surface area (Å²) in [7, 11) is 0. The smallest absolute Gasteiger partial charge is 0.160 e. The van der Waals surface area contributed by atoms with Crippen molar-refractivity contribution < 1.29 is 0 Å². The summed E-state index contributed by atoms with van der Waals surface area (Å²) in [5.41, 5.74) is 23.7. The van der Waals surface area contributed by atoms with Crippen molar-refractivity contribution in [2.24, 2.45) is 0 Å². The van der Waals surface area contributed by atoms with Crippen molar-refractivity contribution in [1.82, 2.24) is 38.2 Å². The Hall–Kier alpha value is -15.1. The lowest BCUT2D eigenvalue weighted by atomic mass is 10.0. The van der Waals surface area contributed by atoms with Crippen LogP contribution < -0.4 is 0 Å². The van der Waals surface area contributed by atoms with Crippen LogP contribution in [0.3, 0.4) is 0 Å². The van der Waals surface area contributed by atoms with Crippen molar-refractivity contribution in [3.8, 4) is 90.6 Å². The van der Waals surface area contributed by atoms with Gasteiger partial charge in [-0.2, -0.15) is 0 Å². The zero-order valence-electron chi connectivity index (χ0n) is 60.7. The Balaban J connectivity index is 0.000000138. The second-order valence-electron chi connectivity index (χ2n) is 28.8. The molecule has 0 aliphatic heterocycles. The topological polar surface area (TPSA) is 71.3 Å². The molecular weight excluding hydrogens is 1360 g/mol. The van der Waals surface area contributed by atoms with Gasteiger partial charge >= 0.3 is 0 Å². The number of benzene rings is 17. The van der Waals surface area contributed by atoms with Gasteiger partial charge in [0.2, 0.25) is 0 Å². The number of rotatable bonds is 10. The van der Waals surface area contributed by atoms with Gasteiger partial charge in [0.1, 0.15) is 0 Å². The minimum atomic E-state index is 0.684. The minimum absolute atomic E-state index is 0.684. The highest BCUT2D eigenvalue weighted by Gasteiger charge is 2.25. The first-order valence-corrected chi connectivity index (χ1v) is 38.1. The highest BCUT2D eigenvalue weighted by Crippen LogP contribution is 2.46. The number of hydrogen-bond donors (Lipinski definition) is 0. The summed E-state index contributed by atoms with van der Waals surface area (Å²) in [6.45, 7) is 0. The van der Waals surface area contributed by atoms with Crippen molar-refractivity contribution in [2.75, 3.05) is 0 Å². The molecule has 112 heavy (non-hydrogen) atoms. The van der Waals surface area contributed by atoms with Gasteiger partial charge in [-0.05, 0) is 136 Å². The van der Waals surface area contributed by atoms with E-state index in [2.05, 4.69) is 388 Å². The van der Waals surface area contributed by atoms with Crippen LogP contribution in [-0.2, 0) is 0 Å². The van der Waals surface area contributed by atoms with Crippen molar-refractivity contribution in [2.45, 2.75) is 0 Å². The first-order chi connectivity index (χ1) is 55.5. The molecule has 0 atom stereocenters. The number of fused-ring (bicyclic) bond motifs is 17. The molecule has 0 aliphatic rings. The molecule has 0 spiro atoms. The molecule has 6 heterocycles. The molecule has 0 fully saturated rings. The highest BCUT2D eigenvalue weighted by molar-refractivity contribution is 6.28. The van der Waals surface area contributed by atoms with Crippen LogP contribution in [0.2, 0.25) is 0 Å². The van der Waals surface area contributed by atoms with Gasteiger partial charge < -0.3 is 18.3 Å². The van der Waals surface area contributed by atoms with Crippen molar-refractivity contribution >= 4 is 120 Å². The summed E-state index contributed by atoms with van der Waals surface area (Å²) >= 11 is 0. The molecule has 0 unspecified atom stereocenters. The normalized spacial score (nSPS) is 11.8. The van der Waals surface area contributed by atoms with Crippen LogP contribution in [0.25, 0.3) is 210 Å². The fourth-order valence-corrected chi connectivity index (χ4v) is 17.3. The zero-order chi connectivity index (χ0) is 73.7. The molecule has 0 saturated heterocycles. The fraction of sp³-hybridized carbons (Fsp3) is 0. The average Bonchev–Trinajstić information content (AvgIpc) is 1.54. The average molecular weight is 1430 g/mol. The Kier molecular flexibility index (Phi) is 15.1. The molecular formula is C104H66N8. The molecule has 23 aromatic rings. The monoisotopic (exact) mass is 1430 g/mol. The molecule has 17 aromatic carbocycles. The van der Waals surface area contributed by atoms with Crippen LogP contribution in [0.5, 0.6) is 0 Å². The van der Waals surface area contributed by atoms with Gasteiger partial charge in [0.05, 0.1) is 72.6 Å². The predicted octanol–water partition coefficient (Wildman–Crippen LogP) is 26.8. The molecule has 0 saturated carbocycles. The summed E-state index contributed by atoms with van der Waals surface area (Å²) in [6.07, 6.45) is 0. The van der Waals surface area contributed by atoms with Crippen molar-refractivity contribution in [1.29, 1.82) is 0 Å². The molecule has 0 amide bonds. The van der Waals surface area contributed by atoms with Crippen LogP contribution >= 0.6 is 0 Å². The first kappa shape index (κ1) is 64.1. The van der Waals surface area contributed by atoms with Crippen molar-refractivity contribution in [3.05, 3.63) is 400 Å². The van der Waals surface area contributed by atoms with Crippen LogP contribution in [0.15, 0.2) is 400 Å². The Morgan fingerprint density at radius 3 is 1.06 bits per heavy atom. The van der Waals surface area contributed by atoms with E-state index in [0.29, 0.717) is 11.6 Å². The number of hydrogen-bond acceptors (Lipinski definition) is 4. The second-order valence-corrected chi connectivity index (χ2v) is 28.8. The van der Waals surface area contributed by atoms with Gasteiger partial charge in [-0.1, -0.05) is 291 Å². The van der Waals surface area contributed by atoms with Gasteiger partial charge in [0, 0.05) is 98.9 Å². The second kappa shape index (κ2) is 26.4. The van der Waals surface area contributed by atoms with E-state index in [1.165, 1.54) is 92.3 Å². The summed E-state index contributed by atoms with van der Waals surface area (Å²) in [5.74, 6) is 1.40. The Bertz CT molecular complexity index is 7610. The maximum atomic E-state index is 5.35. The van der Waals surface area contributed by atoms with E-state index in [1.54, 1.807) is 0 Å². The first-order valence-electron chi connectivity index (χ1n) is 38.1. The molecule has 0 aliphatic carbocycles. The molecule has 522 valence electrons. The maximum Gasteiger partial charge on any atom is 0.160 e. The molecule has 0 radical (unpaired) electrons. The zero-order valence-corrected chi connectivity index (χ0v) is 60.7. The minimum Gasteiger partial charge on any atom is -0.309 e. The molecule has 6 aromatic heterocycles. The summed E-state index contributed by atoms with van der Waals surface area (Å²) in [6, 6.07) is 143. The molecule has 0 bridgehead atoms. The maximum absolute atomic E-state index is 5.35. The van der Waals surface area contributed by atoms with Crippen LogP contribution in [0.4, 0.5) is 0 Å². The SMILES string of the molecule is c1ccc(-c2cc(-c3ccc4ccc(-n5c6ccccc6c6c5ccc5c7ccccc7n(-c7ccccc7)c56)cc4c3)nc(-c3ccccc3)n2)cc1.c1ccc(-c2cc(-c3ccc4ccccc4c3)nc(-c3cc(-n4c5ccccc5c5c4ccc4c6ccccc6n(-c6ccccc6)c45)c4ccccc4c3)n2)cc1. The van der Waals surface area contributed by atoms with Gasteiger partial charge in [0.25, 0.3) is 0 Å². The van der Waals surface area contributed by atoms with E-state index < -0.39 is 0 Å². The van der Waals surface area contributed by atoms with Gasteiger partial charge in [-0.25, -0.2) is 19.9 Å². The lowest BCUT2D eigenvalue weighted by molar-refractivity contribution is 1.17. The quantitative estimate of drug-likeness (QED) is 0.137. The highest BCUT2D eigenvalue weighted by atomic mass is 15.0. The number of para-hydroxylation sites is 6. The Morgan fingerprint density at radius 1 is 0.170 bits per heavy atom. The van der Waals surface area contributed by atoms with E-state index in [1.807, 2.05) is 30.3 Å². The molecule has 0 N–H and O–H groups in total. The van der Waals surface area contributed by atoms with E-state index in [4.69, 9.17) is 19.9 Å². The summed E-state index contributed by atoms with van der Waals surface area (Å²) in [5, 5.41) is 16.9. The molecule has 8 heteroatoms. The van der Waals surface area contributed by atoms with Gasteiger partial charge in [-0.3, -0.25) is 0 Å².